The van der Waals surface area contributed by atoms with E-state index in [1.807, 2.05) is 0 Å². The van der Waals surface area contributed by atoms with Crippen LogP contribution in [0.2, 0.25) is 0 Å². The molecule has 38 heavy (non-hydrogen) atoms. The average molecular weight is 489 g/mol. The van der Waals surface area contributed by atoms with Gasteiger partial charge in [-0.05, 0) is 68.4 Å². The van der Waals surface area contributed by atoms with Crippen LogP contribution >= 0.6 is 0 Å². The van der Waals surface area contributed by atoms with Gasteiger partial charge in [0.2, 0.25) is 0 Å². The smallest absolute Gasteiger partial charge is 0.0901 e. The Morgan fingerprint density at radius 3 is 1.11 bits per heavy atom. The lowest BCUT2D eigenvalue weighted by Gasteiger charge is -2.49. The Bertz CT molecular complexity index is 1910. The lowest BCUT2D eigenvalue weighted by molar-refractivity contribution is 0.0997. The molecule has 0 bridgehead atoms. The first-order valence-corrected chi connectivity index (χ1v) is 13.7. The van der Waals surface area contributed by atoms with Crippen molar-refractivity contribution in [2.75, 3.05) is 0 Å². The monoisotopic (exact) mass is 488 g/mol. The second kappa shape index (κ2) is 6.15. The molecule has 0 spiro atoms. The van der Waals surface area contributed by atoms with E-state index in [9.17, 15) is 0 Å². The SMILES string of the molecule is CC12c3ccccc3[C@@]3(C)c4cc5nc6cc7ccccc7cc6nc5cc4[C@@](C)(c4ccccc41)C23C. The maximum absolute atomic E-state index is 5.21. The first kappa shape index (κ1) is 21.0. The Labute approximate surface area is 222 Å². The number of fused-ring (bicyclic) bond motifs is 12. The van der Waals surface area contributed by atoms with Gasteiger partial charge < -0.3 is 0 Å². The molecular formula is C36H28N2. The summed E-state index contributed by atoms with van der Waals surface area (Å²) < 4.78 is 0. The van der Waals surface area contributed by atoms with Crippen molar-refractivity contribution >= 4 is 32.8 Å². The molecule has 5 aromatic carbocycles. The van der Waals surface area contributed by atoms with E-state index in [1.54, 1.807) is 0 Å². The van der Waals surface area contributed by atoms with Crippen molar-refractivity contribution in [2.24, 2.45) is 5.41 Å². The van der Waals surface area contributed by atoms with Gasteiger partial charge in [0.15, 0.2) is 0 Å². The molecule has 0 fully saturated rings. The molecule has 2 nitrogen and oxygen atoms in total. The van der Waals surface area contributed by atoms with Crippen LogP contribution in [0, 0.1) is 5.41 Å². The van der Waals surface area contributed by atoms with Gasteiger partial charge in [0.25, 0.3) is 0 Å². The van der Waals surface area contributed by atoms with Crippen molar-refractivity contribution in [3.05, 3.63) is 130 Å². The third-order valence-corrected chi connectivity index (χ3v) is 11.5. The summed E-state index contributed by atoms with van der Waals surface area (Å²) in [6, 6.07) is 36.0. The number of nitrogens with zero attached hydrogens (tertiary/aromatic N) is 2. The topological polar surface area (TPSA) is 25.8 Å². The van der Waals surface area contributed by atoms with Crippen LogP contribution in [0.25, 0.3) is 32.8 Å². The highest BCUT2D eigenvalue weighted by molar-refractivity contribution is 5.98. The van der Waals surface area contributed by atoms with Gasteiger partial charge in [0.1, 0.15) is 0 Å². The van der Waals surface area contributed by atoms with Crippen molar-refractivity contribution in [1.29, 1.82) is 0 Å². The largest absolute Gasteiger partial charge is 0.244 e. The normalized spacial score (nSPS) is 30.0. The molecule has 0 aliphatic heterocycles. The molecule has 1 heterocycles. The van der Waals surface area contributed by atoms with Crippen molar-refractivity contribution < 1.29 is 0 Å². The first-order chi connectivity index (χ1) is 18.3. The van der Waals surface area contributed by atoms with Crippen molar-refractivity contribution in [1.82, 2.24) is 9.97 Å². The van der Waals surface area contributed by atoms with E-state index in [0.717, 1.165) is 22.1 Å². The van der Waals surface area contributed by atoms with E-state index in [0.29, 0.717) is 0 Å². The molecule has 2 unspecified atom stereocenters. The summed E-state index contributed by atoms with van der Waals surface area (Å²) in [5, 5.41) is 2.40. The van der Waals surface area contributed by atoms with E-state index in [2.05, 4.69) is 125 Å². The Hall–Kier alpha value is -4.04. The molecule has 3 aliphatic rings. The zero-order valence-corrected chi connectivity index (χ0v) is 22.1. The predicted molar refractivity (Wildman–Crippen MR) is 155 cm³/mol. The van der Waals surface area contributed by atoms with E-state index in [-0.39, 0.29) is 21.7 Å². The molecule has 2 heteroatoms. The Morgan fingerprint density at radius 2 is 0.711 bits per heavy atom. The molecule has 0 saturated carbocycles. The van der Waals surface area contributed by atoms with Crippen molar-refractivity contribution in [3.8, 4) is 0 Å². The maximum Gasteiger partial charge on any atom is 0.0901 e. The van der Waals surface area contributed by atoms with Crippen LogP contribution < -0.4 is 0 Å². The summed E-state index contributed by atoms with van der Waals surface area (Å²) in [4.78, 5) is 10.4. The molecule has 0 N–H and O–H groups in total. The Morgan fingerprint density at radius 1 is 0.395 bits per heavy atom. The van der Waals surface area contributed by atoms with Crippen LogP contribution in [0.5, 0.6) is 0 Å². The zero-order valence-electron chi connectivity index (χ0n) is 22.1. The van der Waals surface area contributed by atoms with Crippen LogP contribution in [0.15, 0.2) is 97.1 Å². The highest BCUT2D eigenvalue weighted by atomic mass is 14.8. The molecule has 9 rings (SSSR count). The fraction of sp³-hybridized carbons (Fsp3) is 0.222. The van der Waals surface area contributed by atoms with Gasteiger partial charge >= 0.3 is 0 Å². The van der Waals surface area contributed by atoms with Crippen LogP contribution in [0.3, 0.4) is 0 Å². The fourth-order valence-electron chi connectivity index (χ4n) is 9.50. The first-order valence-electron chi connectivity index (χ1n) is 13.7. The minimum Gasteiger partial charge on any atom is -0.244 e. The van der Waals surface area contributed by atoms with Crippen LogP contribution in [0.4, 0.5) is 0 Å². The van der Waals surface area contributed by atoms with Gasteiger partial charge in [-0.15, -0.1) is 0 Å². The zero-order chi connectivity index (χ0) is 25.7. The fourth-order valence-corrected chi connectivity index (χ4v) is 9.50. The quantitative estimate of drug-likeness (QED) is 0.201. The highest BCUT2D eigenvalue weighted by Crippen LogP contribution is 2.82. The molecule has 1 aromatic heterocycles. The van der Waals surface area contributed by atoms with Gasteiger partial charge in [-0.2, -0.15) is 0 Å². The summed E-state index contributed by atoms with van der Waals surface area (Å²) in [5.74, 6) is 0. The van der Waals surface area contributed by atoms with Crippen LogP contribution in [-0.2, 0) is 16.2 Å². The third kappa shape index (κ3) is 1.87. The van der Waals surface area contributed by atoms with E-state index in [1.165, 1.54) is 44.2 Å². The summed E-state index contributed by atoms with van der Waals surface area (Å²) in [5.41, 5.74) is 12.1. The molecule has 0 saturated heterocycles. The molecule has 0 amide bonds. The molecule has 6 aromatic rings. The summed E-state index contributed by atoms with van der Waals surface area (Å²) >= 11 is 0. The van der Waals surface area contributed by atoms with Gasteiger partial charge in [0, 0.05) is 21.7 Å². The molecule has 0 radical (unpaired) electrons. The van der Waals surface area contributed by atoms with E-state index < -0.39 is 0 Å². The number of rotatable bonds is 0. The second-order valence-corrected chi connectivity index (χ2v) is 12.4. The van der Waals surface area contributed by atoms with E-state index in [4.69, 9.17) is 9.97 Å². The number of hydrogen-bond acceptors (Lipinski definition) is 2. The standard InChI is InChI=1S/C36H28N2/c1-33-23-13-7-9-15-25(23)34(2)27-19-31-32(38-30-18-22-12-6-5-11-21(22)17-29(30)37-31)20-28(27)35(3,36(33,34)4)26-16-10-8-14-24(26)33/h5-20H,1-4H3/t33?,34-,35+,36?. The van der Waals surface area contributed by atoms with Gasteiger partial charge in [0.05, 0.1) is 22.1 Å². The Kier molecular flexibility index (Phi) is 3.39. The van der Waals surface area contributed by atoms with Crippen LogP contribution in [-0.4, -0.2) is 9.97 Å². The number of aromatic nitrogens is 2. The van der Waals surface area contributed by atoms with Gasteiger partial charge in [-0.3, -0.25) is 0 Å². The van der Waals surface area contributed by atoms with Crippen LogP contribution in [0.1, 0.15) is 61.1 Å². The van der Waals surface area contributed by atoms with Gasteiger partial charge in [-0.25, -0.2) is 9.97 Å². The molecule has 182 valence electrons. The molecule has 4 atom stereocenters. The van der Waals surface area contributed by atoms with Gasteiger partial charge in [-0.1, -0.05) is 100 Å². The average Bonchev–Trinajstić information content (AvgIpc) is 3.30. The second-order valence-electron chi connectivity index (χ2n) is 12.4. The summed E-state index contributed by atoms with van der Waals surface area (Å²) in [7, 11) is 0. The lowest BCUT2D eigenvalue weighted by Crippen LogP contribution is -2.51. The van der Waals surface area contributed by atoms with E-state index >= 15 is 0 Å². The summed E-state index contributed by atoms with van der Waals surface area (Å²) in [6.07, 6.45) is 0. The third-order valence-electron chi connectivity index (χ3n) is 11.5. The van der Waals surface area contributed by atoms with Crippen molar-refractivity contribution in [2.45, 2.75) is 43.9 Å². The predicted octanol–water partition coefficient (Wildman–Crippen LogP) is 8.20. The minimum absolute atomic E-state index is 0.0752. The highest BCUT2D eigenvalue weighted by Gasteiger charge is 2.79. The number of benzene rings is 5. The minimum atomic E-state index is -0.157. The lowest BCUT2D eigenvalue weighted by atomic mass is 9.52. The molecular weight excluding hydrogens is 460 g/mol. The number of hydrogen-bond donors (Lipinski definition) is 0. The maximum atomic E-state index is 5.21. The summed E-state index contributed by atoms with van der Waals surface area (Å²) in [6.45, 7) is 10.1. The molecule has 3 aliphatic carbocycles. The van der Waals surface area contributed by atoms with Crippen molar-refractivity contribution in [3.63, 3.8) is 0 Å². The Balaban J connectivity index is 1.45.